The Labute approximate surface area is 204 Å². The van der Waals surface area contributed by atoms with Crippen molar-refractivity contribution in [2.45, 2.75) is 12.6 Å². The Bertz CT molecular complexity index is 1590. The monoisotopic (exact) mass is 486 g/mol. The molecule has 6 rings (SSSR count). The first-order chi connectivity index (χ1) is 17.6. The molecule has 182 valence electrons. The minimum absolute atomic E-state index is 0.152. The Morgan fingerprint density at radius 1 is 1.22 bits per heavy atom. The summed E-state index contributed by atoms with van der Waals surface area (Å²) in [4.78, 5) is 27.0. The van der Waals surface area contributed by atoms with Crippen LogP contribution in [-0.4, -0.2) is 43.6 Å². The number of aromatic nitrogens is 6. The second kappa shape index (κ2) is 8.74. The lowest BCUT2D eigenvalue weighted by molar-refractivity contribution is -0.0180. The Hall–Kier alpha value is -4.84. The predicted molar refractivity (Wildman–Crippen MR) is 131 cm³/mol. The summed E-state index contributed by atoms with van der Waals surface area (Å²) in [6.07, 6.45) is 4.93. The number of nitrogens with one attached hydrogen (secondary N) is 3. The number of aromatic amines is 2. The van der Waals surface area contributed by atoms with Crippen LogP contribution in [0.5, 0.6) is 11.5 Å². The molecule has 1 aliphatic heterocycles. The fourth-order valence-electron chi connectivity index (χ4n) is 4.26. The van der Waals surface area contributed by atoms with Crippen LogP contribution in [0.15, 0.2) is 59.8 Å². The van der Waals surface area contributed by atoms with E-state index in [0.717, 1.165) is 32.3 Å². The number of nitrogens with zero attached hydrogens (tertiary/aromatic N) is 4. The van der Waals surface area contributed by atoms with Crippen LogP contribution in [0.25, 0.3) is 16.7 Å². The van der Waals surface area contributed by atoms with Gasteiger partial charge in [0.05, 0.1) is 13.7 Å². The first-order valence-electron chi connectivity index (χ1n) is 11.1. The molecule has 5 aromatic rings. The van der Waals surface area contributed by atoms with E-state index in [1.54, 1.807) is 25.6 Å². The number of H-pyrrole nitrogens is 2. The van der Waals surface area contributed by atoms with Gasteiger partial charge in [0.2, 0.25) is 0 Å². The fourth-order valence-corrected chi connectivity index (χ4v) is 4.26. The first-order valence-corrected chi connectivity index (χ1v) is 11.1. The van der Waals surface area contributed by atoms with Gasteiger partial charge in [0.25, 0.3) is 5.95 Å². The predicted octanol–water partition coefficient (Wildman–Crippen LogP) is 2.49. The van der Waals surface area contributed by atoms with E-state index in [2.05, 4.69) is 30.4 Å². The zero-order chi connectivity index (χ0) is 24.6. The Balaban J connectivity index is 1.47. The summed E-state index contributed by atoms with van der Waals surface area (Å²) < 4.78 is 17.9. The van der Waals surface area contributed by atoms with E-state index in [9.17, 15) is 4.79 Å². The molecule has 0 bridgehead atoms. The molecular weight excluding hydrogens is 464 g/mol. The minimum Gasteiger partial charge on any atom is -0.493 e. The Kier molecular flexibility index (Phi) is 5.26. The van der Waals surface area contributed by atoms with E-state index in [1.807, 2.05) is 36.5 Å². The maximum absolute atomic E-state index is 12.8. The first kappa shape index (κ1) is 21.7. The average Bonchev–Trinajstić information content (AvgIpc) is 3.49. The van der Waals surface area contributed by atoms with Crippen molar-refractivity contribution in [2.75, 3.05) is 25.0 Å². The lowest BCUT2D eigenvalue weighted by Gasteiger charge is -2.24. The number of hydrogen-bond acceptors (Lipinski definition) is 9. The minimum atomic E-state index is -0.572. The van der Waals surface area contributed by atoms with Crippen molar-refractivity contribution in [1.82, 2.24) is 29.7 Å². The third kappa shape index (κ3) is 3.79. The van der Waals surface area contributed by atoms with E-state index in [1.165, 1.54) is 0 Å². The number of methoxy groups -OCH3 is 1. The number of rotatable bonds is 6. The summed E-state index contributed by atoms with van der Waals surface area (Å²) in [7, 11) is 1.58. The highest BCUT2D eigenvalue weighted by Gasteiger charge is 2.25. The van der Waals surface area contributed by atoms with E-state index >= 15 is 0 Å². The van der Waals surface area contributed by atoms with Gasteiger partial charge in [-0.3, -0.25) is 4.98 Å². The van der Waals surface area contributed by atoms with Crippen molar-refractivity contribution in [3.05, 3.63) is 82.4 Å². The number of nitrogen functional groups attached to an aromatic ring is 1. The number of hydrogen-bond donors (Lipinski definition) is 4. The van der Waals surface area contributed by atoms with Crippen LogP contribution in [0.1, 0.15) is 23.0 Å². The molecular formula is C24H22N8O4. The van der Waals surface area contributed by atoms with Crippen LogP contribution in [0.2, 0.25) is 0 Å². The zero-order valence-corrected chi connectivity index (χ0v) is 19.2. The van der Waals surface area contributed by atoms with Gasteiger partial charge in [-0.05, 0) is 42.0 Å². The summed E-state index contributed by atoms with van der Waals surface area (Å²) in [5, 5.41) is 9.86. The summed E-state index contributed by atoms with van der Waals surface area (Å²) >= 11 is 0. The van der Waals surface area contributed by atoms with Crippen LogP contribution >= 0.6 is 0 Å². The molecule has 4 heterocycles. The van der Waals surface area contributed by atoms with Crippen molar-refractivity contribution in [3.8, 4) is 17.4 Å². The molecule has 1 aliphatic rings. The number of fused-ring (bicyclic) bond motifs is 2. The second-order valence-electron chi connectivity index (χ2n) is 8.18. The number of ether oxygens (including phenoxy) is 3. The van der Waals surface area contributed by atoms with Gasteiger partial charge in [-0.15, -0.1) is 9.78 Å². The van der Waals surface area contributed by atoms with Gasteiger partial charge in [0.15, 0.2) is 24.1 Å². The van der Waals surface area contributed by atoms with Gasteiger partial charge < -0.3 is 30.2 Å². The van der Waals surface area contributed by atoms with Crippen molar-refractivity contribution in [1.29, 1.82) is 0 Å². The highest BCUT2D eigenvalue weighted by molar-refractivity contribution is 5.94. The molecule has 36 heavy (non-hydrogen) atoms. The summed E-state index contributed by atoms with van der Waals surface area (Å²) in [6.45, 7) is 0.517. The second-order valence-corrected chi connectivity index (χ2v) is 8.18. The van der Waals surface area contributed by atoms with Crippen LogP contribution < -0.4 is 26.2 Å². The Morgan fingerprint density at radius 2 is 2.08 bits per heavy atom. The standard InChI is InChI=1S/C24H22N8O4/c1-34-18-9-13(7-15-11-35-12-36-20(15)18)19(29-16-3-4-17-14(8-16)10-28-21(17)25)22-30-24(33)32(31-22)23-26-5-2-6-27-23/h2-10,19,28-29H,11-12,25H2,1H3,(H,30,31,33). The quantitative estimate of drug-likeness (QED) is 0.283. The van der Waals surface area contributed by atoms with Crippen molar-refractivity contribution in [2.24, 2.45) is 0 Å². The highest BCUT2D eigenvalue weighted by atomic mass is 16.7. The number of anilines is 2. The molecule has 1 unspecified atom stereocenters. The molecule has 0 saturated carbocycles. The molecule has 0 saturated heterocycles. The zero-order valence-electron chi connectivity index (χ0n) is 19.2. The summed E-state index contributed by atoms with van der Waals surface area (Å²) in [6, 6.07) is 10.7. The van der Waals surface area contributed by atoms with Gasteiger partial charge in [0, 0.05) is 40.6 Å². The van der Waals surface area contributed by atoms with Crippen molar-refractivity contribution < 1.29 is 14.2 Å². The Morgan fingerprint density at radius 3 is 2.92 bits per heavy atom. The van der Waals surface area contributed by atoms with Crippen LogP contribution in [-0.2, 0) is 11.3 Å². The molecule has 3 aromatic heterocycles. The van der Waals surface area contributed by atoms with Gasteiger partial charge in [-0.25, -0.2) is 14.8 Å². The van der Waals surface area contributed by atoms with Crippen molar-refractivity contribution in [3.63, 3.8) is 0 Å². The molecule has 0 spiro atoms. The highest BCUT2D eigenvalue weighted by Crippen LogP contribution is 2.39. The smallest absolute Gasteiger partial charge is 0.350 e. The number of nitrogens with two attached hydrogens (primary N) is 1. The van der Waals surface area contributed by atoms with E-state index < -0.39 is 11.7 Å². The van der Waals surface area contributed by atoms with Gasteiger partial charge in [0.1, 0.15) is 11.9 Å². The van der Waals surface area contributed by atoms with Gasteiger partial charge >= 0.3 is 5.69 Å². The third-order valence-corrected chi connectivity index (χ3v) is 5.94. The molecule has 0 radical (unpaired) electrons. The van der Waals surface area contributed by atoms with E-state index in [-0.39, 0.29) is 12.7 Å². The van der Waals surface area contributed by atoms with Crippen LogP contribution in [0.4, 0.5) is 11.5 Å². The molecule has 1 atom stereocenters. The topological polar surface area (TPSA) is 158 Å². The molecule has 0 aliphatic carbocycles. The lowest BCUT2D eigenvalue weighted by Crippen LogP contribution is -2.18. The average molecular weight is 486 g/mol. The lowest BCUT2D eigenvalue weighted by atomic mass is 10.0. The van der Waals surface area contributed by atoms with Crippen LogP contribution in [0.3, 0.4) is 0 Å². The van der Waals surface area contributed by atoms with Gasteiger partial charge in [-0.2, -0.15) is 0 Å². The SMILES string of the molecule is COc1cc(C(Nc2ccc3c(N)[nH]cc3c2)c2nn(-c3ncccn3)c(=O)[nH]2)cc2c1OCOC2. The third-order valence-electron chi connectivity index (χ3n) is 5.94. The van der Waals surface area contributed by atoms with E-state index in [0.29, 0.717) is 29.7 Å². The maximum atomic E-state index is 12.8. The fraction of sp³-hybridized carbons (Fsp3) is 0.167. The normalized spacial score (nSPS) is 13.7. The molecule has 12 heteroatoms. The molecule has 0 amide bonds. The summed E-state index contributed by atoms with van der Waals surface area (Å²) in [5.41, 5.74) is 7.94. The largest absolute Gasteiger partial charge is 0.493 e. The molecule has 0 fully saturated rings. The van der Waals surface area contributed by atoms with Crippen molar-refractivity contribution >= 4 is 22.3 Å². The molecule has 5 N–H and O–H groups in total. The molecule has 12 nitrogen and oxygen atoms in total. The van der Waals surface area contributed by atoms with Crippen LogP contribution in [0, 0.1) is 0 Å². The van der Waals surface area contributed by atoms with E-state index in [4.69, 9.17) is 19.9 Å². The number of benzene rings is 2. The maximum Gasteiger partial charge on any atom is 0.350 e. The summed E-state index contributed by atoms with van der Waals surface area (Å²) in [5.74, 6) is 2.31. The van der Waals surface area contributed by atoms with Gasteiger partial charge in [-0.1, -0.05) is 0 Å². The molecule has 2 aromatic carbocycles.